The van der Waals surface area contributed by atoms with E-state index in [9.17, 15) is 0 Å². The zero-order valence-electron chi connectivity index (χ0n) is 13.2. The molecule has 1 N–H and O–H groups in total. The van der Waals surface area contributed by atoms with Crippen LogP contribution in [0.4, 0.5) is 0 Å². The van der Waals surface area contributed by atoms with Crippen LogP contribution in [-0.2, 0) is 12.0 Å². The Kier molecular flexibility index (Phi) is 5.40. The lowest BCUT2D eigenvalue weighted by Gasteiger charge is -2.19. The normalized spacial score (nSPS) is 11.4. The Morgan fingerprint density at radius 2 is 1.71 bits per heavy atom. The highest BCUT2D eigenvalue weighted by Crippen LogP contribution is 2.25. The maximum absolute atomic E-state index is 5.82. The fourth-order valence-electron chi connectivity index (χ4n) is 2.12. The summed E-state index contributed by atoms with van der Waals surface area (Å²) in [7, 11) is 0. The molecule has 0 aliphatic heterocycles. The number of hydrogen-bond donors (Lipinski definition) is 1. The van der Waals surface area contributed by atoms with Crippen molar-refractivity contribution in [3.63, 3.8) is 0 Å². The Labute approximate surface area is 128 Å². The van der Waals surface area contributed by atoms with Crippen LogP contribution in [0.15, 0.2) is 54.6 Å². The van der Waals surface area contributed by atoms with Gasteiger partial charge in [-0.15, -0.1) is 0 Å². The molecule has 0 atom stereocenters. The molecular formula is C19H25NO. The lowest BCUT2D eigenvalue weighted by Crippen LogP contribution is -2.20. The van der Waals surface area contributed by atoms with Gasteiger partial charge in [0.25, 0.3) is 0 Å². The molecule has 0 bridgehead atoms. The fourth-order valence-corrected chi connectivity index (χ4v) is 2.12. The third-order valence-corrected chi connectivity index (χ3v) is 3.42. The molecule has 2 rings (SSSR count). The molecule has 0 unspecified atom stereocenters. The van der Waals surface area contributed by atoms with Crippen LogP contribution < -0.4 is 10.1 Å². The van der Waals surface area contributed by atoms with Crippen molar-refractivity contribution < 1.29 is 4.74 Å². The Hall–Kier alpha value is -1.80. The fraction of sp³-hybridized carbons (Fsp3) is 0.368. The average molecular weight is 283 g/mol. The van der Waals surface area contributed by atoms with Gasteiger partial charge in [0.15, 0.2) is 0 Å². The van der Waals surface area contributed by atoms with Crippen molar-refractivity contribution in [3.8, 4) is 5.75 Å². The second-order valence-electron chi connectivity index (χ2n) is 6.29. The smallest absolute Gasteiger partial charge is 0.119 e. The minimum Gasteiger partial charge on any atom is -0.492 e. The molecule has 0 spiro atoms. The third-order valence-electron chi connectivity index (χ3n) is 3.42. The first-order valence-corrected chi connectivity index (χ1v) is 7.54. The summed E-state index contributed by atoms with van der Waals surface area (Å²) < 4.78 is 5.82. The van der Waals surface area contributed by atoms with Crippen LogP contribution in [0.3, 0.4) is 0 Å². The first-order valence-electron chi connectivity index (χ1n) is 7.54. The highest BCUT2D eigenvalue weighted by atomic mass is 16.5. The van der Waals surface area contributed by atoms with E-state index < -0.39 is 0 Å². The van der Waals surface area contributed by atoms with Gasteiger partial charge in [0.2, 0.25) is 0 Å². The van der Waals surface area contributed by atoms with Crippen LogP contribution >= 0.6 is 0 Å². The van der Waals surface area contributed by atoms with Crippen LogP contribution in [0.2, 0.25) is 0 Å². The number of ether oxygens (including phenoxy) is 1. The number of rotatable bonds is 6. The Balaban J connectivity index is 1.74. The predicted molar refractivity (Wildman–Crippen MR) is 88.8 cm³/mol. The monoisotopic (exact) mass is 283 g/mol. The van der Waals surface area contributed by atoms with Crippen LogP contribution in [0.5, 0.6) is 5.75 Å². The van der Waals surface area contributed by atoms with E-state index in [4.69, 9.17) is 4.74 Å². The molecule has 0 fully saturated rings. The number of hydrogen-bond acceptors (Lipinski definition) is 2. The summed E-state index contributed by atoms with van der Waals surface area (Å²) in [6, 6.07) is 18.8. The van der Waals surface area contributed by atoms with Crippen molar-refractivity contribution in [1.82, 2.24) is 5.32 Å². The first kappa shape index (κ1) is 15.6. The van der Waals surface area contributed by atoms with E-state index in [0.29, 0.717) is 6.61 Å². The van der Waals surface area contributed by atoms with E-state index in [0.717, 1.165) is 18.8 Å². The van der Waals surface area contributed by atoms with Gasteiger partial charge >= 0.3 is 0 Å². The lowest BCUT2D eigenvalue weighted by molar-refractivity contribution is 0.313. The summed E-state index contributed by atoms with van der Waals surface area (Å²) in [4.78, 5) is 0. The quantitative estimate of drug-likeness (QED) is 0.804. The second kappa shape index (κ2) is 7.28. The summed E-state index contributed by atoms with van der Waals surface area (Å²) in [6.07, 6.45) is 0. The second-order valence-corrected chi connectivity index (χ2v) is 6.29. The van der Waals surface area contributed by atoms with E-state index in [2.05, 4.69) is 68.6 Å². The van der Waals surface area contributed by atoms with Crippen molar-refractivity contribution in [2.45, 2.75) is 32.7 Å². The van der Waals surface area contributed by atoms with Crippen molar-refractivity contribution in [3.05, 3.63) is 65.7 Å². The Morgan fingerprint density at radius 3 is 2.43 bits per heavy atom. The summed E-state index contributed by atoms with van der Waals surface area (Å²) in [5.41, 5.74) is 2.76. The zero-order valence-corrected chi connectivity index (χ0v) is 13.2. The van der Waals surface area contributed by atoms with Gasteiger partial charge in [-0.05, 0) is 28.7 Å². The van der Waals surface area contributed by atoms with Crippen molar-refractivity contribution >= 4 is 0 Å². The van der Waals surface area contributed by atoms with Gasteiger partial charge in [0.05, 0.1) is 0 Å². The average Bonchev–Trinajstić information content (AvgIpc) is 2.47. The molecule has 0 saturated carbocycles. The molecule has 112 valence electrons. The van der Waals surface area contributed by atoms with E-state index in [1.165, 1.54) is 11.1 Å². The molecule has 0 heterocycles. The maximum atomic E-state index is 5.82. The summed E-state index contributed by atoms with van der Waals surface area (Å²) in [6.45, 7) is 9.05. The molecule has 0 aliphatic rings. The van der Waals surface area contributed by atoms with E-state index in [-0.39, 0.29) is 5.41 Å². The van der Waals surface area contributed by atoms with Crippen molar-refractivity contribution in [2.75, 3.05) is 13.2 Å². The van der Waals surface area contributed by atoms with Gasteiger partial charge < -0.3 is 10.1 Å². The van der Waals surface area contributed by atoms with Crippen LogP contribution in [-0.4, -0.2) is 13.2 Å². The summed E-state index contributed by atoms with van der Waals surface area (Å²) in [5.74, 6) is 0.948. The largest absolute Gasteiger partial charge is 0.492 e. The topological polar surface area (TPSA) is 21.3 Å². The van der Waals surface area contributed by atoms with Crippen molar-refractivity contribution in [2.24, 2.45) is 0 Å². The van der Waals surface area contributed by atoms with Gasteiger partial charge in [-0.2, -0.15) is 0 Å². The van der Waals surface area contributed by atoms with Crippen LogP contribution in [0.1, 0.15) is 31.9 Å². The minimum atomic E-state index is 0.158. The minimum absolute atomic E-state index is 0.158. The highest BCUT2D eigenvalue weighted by Gasteiger charge is 2.13. The predicted octanol–water partition coefficient (Wildman–Crippen LogP) is 4.15. The molecule has 0 radical (unpaired) electrons. The summed E-state index contributed by atoms with van der Waals surface area (Å²) >= 11 is 0. The number of nitrogens with one attached hydrogen (secondary N) is 1. The van der Waals surface area contributed by atoms with Gasteiger partial charge in [-0.25, -0.2) is 0 Å². The SMILES string of the molecule is CC(C)(C)c1cccc(OCCNCc2ccccc2)c1. The Morgan fingerprint density at radius 1 is 0.952 bits per heavy atom. The molecule has 0 amide bonds. The van der Waals surface area contributed by atoms with E-state index >= 15 is 0 Å². The third kappa shape index (κ3) is 5.24. The molecule has 2 heteroatoms. The molecule has 0 saturated heterocycles. The maximum Gasteiger partial charge on any atom is 0.119 e. The van der Waals surface area contributed by atoms with E-state index in [1.54, 1.807) is 0 Å². The van der Waals surface area contributed by atoms with E-state index in [1.807, 2.05) is 12.1 Å². The molecule has 21 heavy (non-hydrogen) atoms. The standard InChI is InChI=1S/C19H25NO/c1-19(2,3)17-10-7-11-18(14-17)21-13-12-20-15-16-8-5-4-6-9-16/h4-11,14,20H,12-13,15H2,1-3H3. The molecule has 2 aromatic rings. The first-order chi connectivity index (χ1) is 10.1. The van der Waals surface area contributed by atoms with Gasteiger partial charge in [-0.1, -0.05) is 63.2 Å². The zero-order chi connectivity index (χ0) is 15.1. The molecule has 0 aliphatic carbocycles. The molecule has 2 aromatic carbocycles. The van der Waals surface area contributed by atoms with Gasteiger partial charge in [0, 0.05) is 13.1 Å². The van der Waals surface area contributed by atoms with Crippen molar-refractivity contribution in [1.29, 1.82) is 0 Å². The van der Waals surface area contributed by atoms with Gasteiger partial charge in [0.1, 0.15) is 12.4 Å². The molecular weight excluding hydrogens is 258 g/mol. The number of benzene rings is 2. The molecule has 0 aromatic heterocycles. The Bertz CT molecular complexity index is 543. The van der Waals surface area contributed by atoms with Crippen LogP contribution in [0.25, 0.3) is 0 Å². The highest BCUT2D eigenvalue weighted by molar-refractivity contribution is 5.32. The summed E-state index contributed by atoms with van der Waals surface area (Å²) in [5, 5.41) is 3.39. The lowest BCUT2D eigenvalue weighted by atomic mass is 9.87. The van der Waals surface area contributed by atoms with Crippen LogP contribution in [0, 0.1) is 0 Å². The molecule has 2 nitrogen and oxygen atoms in total. The van der Waals surface area contributed by atoms with Gasteiger partial charge in [-0.3, -0.25) is 0 Å².